The van der Waals surface area contributed by atoms with E-state index in [9.17, 15) is 14.0 Å². The van der Waals surface area contributed by atoms with Crippen LogP contribution >= 0.6 is 0 Å². The van der Waals surface area contributed by atoms with Crippen molar-refractivity contribution in [3.8, 4) is 0 Å². The maximum atomic E-state index is 13.0. The highest BCUT2D eigenvalue weighted by molar-refractivity contribution is 5.96. The molecule has 7 nitrogen and oxygen atoms in total. The smallest absolute Gasteiger partial charge is 0.315 e. The number of likely N-dealkylation sites (N-methyl/N-ethyl adjacent to an activating group) is 1. The average Bonchev–Trinajstić information content (AvgIpc) is 3.06. The lowest BCUT2D eigenvalue weighted by atomic mass is 10.2. The van der Waals surface area contributed by atoms with Crippen molar-refractivity contribution >= 4 is 17.6 Å². The van der Waals surface area contributed by atoms with E-state index in [1.54, 1.807) is 26.8 Å². The van der Waals surface area contributed by atoms with Gasteiger partial charge in [0.2, 0.25) is 5.91 Å². The molecule has 2 aliphatic rings. The van der Waals surface area contributed by atoms with Crippen molar-refractivity contribution in [3.05, 3.63) is 30.1 Å². The van der Waals surface area contributed by atoms with Crippen molar-refractivity contribution in [2.24, 2.45) is 0 Å². The fourth-order valence-corrected chi connectivity index (χ4v) is 4.01. The van der Waals surface area contributed by atoms with Crippen molar-refractivity contribution in [3.63, 3.8) is 0 Å². The van der Waals surface area contributed by atoms with Crippen LogP contribution in [0, 0.1) is 5.82 Å². The van der Waals surface area contributed by atoms with E-state index in [1.807, 2.05) is 0 Å². The summed E-state index contributed by atoms with van der Waals surface area (Å²) < 4.78 is 13.0. The topological polar surface area (TPSA) is 70.3 Å². The Labute approximate surface area is 165 Å². The van der Waals surface area contributed by atoms with Gasteiger partial charge in [-0.25, -0.2) is 9.18 Å². The van der Waals surface area contributed by atoms with Gasteiger partial charge in [-0.1, -0.05) is 0 Å². The molecule has 0 unspecified atom stereocenters. The second-order valence-electron chi connectivity index (χ2n) is 7.74. The molecule has 2 saturated heterocycles. The first kappa shape index (κ1) is 20.5. The maximum Gasteiger partial charge on any atom is 0.315 e. The van der Waals surface area contributed by atoms with Gasteiger partial charge in [0, 0.05) is 31.6 Å². The Morgan fingerprint density at radius 1 is 1.18 bits per heavy atom. The third-order valence-electron chi connectivity index (χ3n) is 5.76. The van der Waals surface area contributed by atoms with E-state index in [-0.39, 0.29) is 30.2 Å². The lowest BCUT2D eigenvalue weighted by Crippen LogP contribution is -3.28. The van der Waals surface area contributed by atoms with Gasteiger partial charge in [0.25, 0.3) is 0 Å². The summed E-state index contributed by atoms with van der Waals surface area (Å²) in [5.41, 5.74) is 0.657. The van der Waals surface area contributed by atoms with E-state index in [4.69, 9.17) is 0 Å². The number of carbonyl (C=O) groups is 2. The molecule has 0 aliphatic carbocycles. The van der Waals surface area contributed by atoms with Crippen LogP contribution in [0.4, 0.5) is 14.9 Å². The number of anilines is 1. The molecule has 1 aromatic rings. The number of rotatable bonds is 7. The largest absolute Gasteiger partial charge is 0.338 e. The molecule has 0 saturated carbocycles. The Morgan fingerprint density at radius 2 is 1.86 bits per heavy atom. The van der Waals surface area contributed by atoms with Gasteiger partial charge in [-0.15, -0.1) is 0 Å². The normalized spacial score (nSPS) is 25.0. The standard InChI is InChI=1S/C20H30FN5O2/c1-2-24-10-12-25(13-11-24)9-3-8-22-20(28)23-17-14-19(27)26(15-17)18-6-4-16(21)5-7-18/h4-7,17H,2-3,8-15H2,1H3,(H2,22,23,28)/p+2/t17-/m1/s1. The summed E-state index contributed by atoms with van der Waals surface area (Å²) in [6.07, 6.45) is 1.22. The number of hydrogen-bond acceptors (Lipinski definition) is 2. The van der Waals surface area contributed by atoms with Gasteiger partial charge in [-0.3, -0.25) is 4.79 Å². The van der Waals surface area contributed by atoms with Crippen LogP contribution in [-0.4, -0.2) is 70.3 Å². The molecule has 2 aliphatic heterocycles. The first-order valence-electron chi connectivity index (χ1n) is 10.3. The van der Waals surface area contributed by atoms with Gasteiger partial charge < -0.3 is 25.3 Å². The minimum atomic E-state index is -0.334. The van der Waals surface area contributed by atoms with Crippen LogP contribution in [0.5, 0.6) is 0 Å². The van der Waals surface area contributed by atoms with E-state index in [0.717, 1.165) is 13.0 Å². The lowest BCUT2D eigenvalue weighted by Gasteiger charge is -2.29. The average molecular weight is 394 g/mol. The summed E-state index contributed by atoms with van der Waals surface area (Å²) >= 11 is 0. The van der Waals surface area contributed by atoms with Gasteiger partial charge >= 0.3 is 6.03 Å². The van der Waals surface area contributed by atoms with Crippen molar-refractivity contribution in [2.75, 3.05) is 57.3 Å². The molecule has 1 aromatic carbocycles. The second-order valence-corrected chi connectivity index (χ2v) is 7.74. The number of nitrogens with zero attached hydrogens (tertiary/aromatic N) is 1. The predicted molar refractivity (Wildman–Crippen MR) is 105 cm³/mol. The van der Waals surface area contributed by atoms with Gasteiger partial charge in [-0.2, -0.15) is 0 Å². The van der Waals surface area contributed by atoms with Crippen molar-refractivity contribution in [1.82, 2.24) is 10.6 Å². The number of nitrogens with one attached hydrogen (secondary N) is 4. The quantitative estimate of drug-likeness (QED) is 0.423. The number of carbonyl (C=O) groups excluding carboxylic acids is 2. The van der Waals surface area contributed by atoms with Crippen molar-refractivity contribution in [2.45, 2.75) is 25.8 Å². The van der Waals surface area contributed by atoms with E-state index < -0.39 is 0 Å². The zero-order valence-electron chi connectivity index (χ0n) is 16.6. The minimum absolute atomic E-state index is 0.0612. The van der Waals surface area contributed by atoms with E-state index in [0.29, 0.717) is 18.8 Å². The first-order valence-corrected chi connectivity index (χ1v) is 10.3. The second kappa shape index (κ2) is 9.84. The van der Waals surface area contributed by atoms with Crippen LogP contribution in [-0.2, 0) is 4.79 Å². The summed E-state index contributed by atoms with van der Waals surface area (Å²) in [5, 5.41) is 5.77. The highest BCUT2D eigenvalue weighted by Crippen LogP contribution is 2.21. The number of amides is 3. The van der Waals surface area contributed by atoms with Gasteiger partial charge in [0.15, 0.2) is 0 Å². The molecule has 3 rings (SSSR count). The molecule has 2 fully saturated rings. The van der Waals surface area contributed by atoms with Crippen LogP contribution < -0.4 is 25.3 Å². The molecule has 0 aromatic heterocycles. The molecule has 1 atom stereocenters. The van der Waals surface area contributed by atoms with Crippen LogP contribution in [0.2, 0.25) is 0 Å². The third-order valence-corrected chi connectivity index (χ3v) is 5.76. The molecule has 0 spiro atoms. The molecule has 28 heavy (non-hydrogen) atoms. The summed E-state index contributed by atoms with van der Waals surface area (Å²) in [6.45, 7) is 10.5. The first-order chi connectivity index (χ1) is 13.5. The number of urea groups is 1. The maximum absolute atomic E-state index is 13.0. The fourth-order valence-electron chi connectivity index (χ4n) is 4.01. The fraction of sp³-hybridized carbons (Fsp3) is 0.600. The number of quaternary nitrogens is 2. The van der Waals surface area contributed by atoms with Crippen molar-refractivity contribution < 1.29 is 23.8 Å². The number of benzene rings is 1. The monoisotopic (exact) mass is 393 g/mol. The summed E-state index contributed by atoms with van der Waals surface area (Å²) in [6, 6.07) is 5.38. The highest BCUT2D eigenvalue weighted by atomic mass is 19.1. The highest BCUT2D eigenvalue weighted by Gasteiger charge is 2.31. The molecule has 8 heteroatoms. The van der Waals surface area contributed by atoms with Crippen LogP contribution in [0.25, 0.3) is 0 Å². The molecule has 4 N–H and O–H groups in total. The van der Waals surface area contributed by atoms with Crippen molar-refractivity contribution in [1.29, 1.82) is 0 Å². The Balaban J connectivity index is 1.33. The SMILES string of the molecule is CC[NH+]1CC[NH+](CCCNC(=O)N[C@@H]2CC(=O)N(c3ccc(F)cc3)C2)CC1. The molecular formula is C20H32FN5O2+2. The van der Waals surface area contributed by atoms with Crippen LogP contribution in [0.1, 0.15) is 19.8 Å². The Hall–Kier alpha value is -2.19. The molecule has 2 heterocycles. The third kappa shape index (κ3) is 5.65. The van der Waals surface area contributed by atoms with Crippen LogP contribution in [0.15, 0.2) is 24.3 Å². The lowest BCUT2D eigenvalue weighted by molar-refractivity contribution is -1.01. The molecular weight excluding hydrogens is 361 g/mol. The molecule has 3 amide bonds. The number of piperazine rings is 1. The summed E-state index contributed by atoms with van der Waals surface area (Å²) in [7, 11) is 0. The van der Waals surface area contributed by atoms with E-state index in [1.165, 1.54) is 44.9 Å². The minimum Gasteiger partial charge on any atom is -0.338 e. The number of hydrogen-bond donors (Lipinski definition) is 4. The van der Waals surface area contributed by atoms with E-state index >= 15 is 0 Å². The van der Waals surface area contributed by atoms with Gasteiger partial charge in [-0.05, 0) is 31.2 Å². The Morgan fingerprint density at radius 3 is 2.54 bits per heavy atom. The van der Waals surface area contributed by atoms with Gasteiger partial charge in [0.1, 0.15) is 32.0 Å². The molecule has 0 radical (unpaired) electrons. The number of halogens is 1. The zero-order valence-corrected chi connectivity index (χ0v) is 16.6. The van der Waals surface area contributed by atoms with E-state index in [2.05, 4.69) is 17.6 Å². The molecule has 154 valence electrons. The van der Waals surface area contributed by atoms with Crippen LogP contribution in [0.3, 0.4) is 0 Å². The summed E-state index contributed by atoms with van der Waals surface area (Å²) in [5.74, 6) is -0.395. The predicted octanol–water partition coefficient (Wildman–Crippen LogP) is -1.58. The Bertz CT molecular complexity index is 661. The zero-order chi connectivity index (χ0) is 19.9. The summed E-state index contributed by atoms with van der Waals surface area (Å²) in [4.78, 5) is 29.2. The Kier molecular flexibility index (Phi) is 7.22. The molecule has 0 bridgehead atoms. The van der Waals surface area contributed by atoms with Gasteiger partial charge in [0.05, 0.1) is 19.1 Å².